The van der Waals surface area contributed by atoms with Crippen molar-refractivity contribution >= 4 is 0 Å². The molecule has 0 aromatic heterocycles. The quantitative estimate of drug-likeness (QED) is 0.489. The van der Waals surface area contributed by atoms with Crippen molar-refractivity contribution in [3.05, 3.63) is 0 Å². The van der Waals surface area contributed by atoms with Crippen LogP contribution in [0, 0.1) is 5.92 Å². The minimum absolute atomic E-state index is 0.0868. The highest BCUT2D eigenvalue weighted by Crippen LogP contribution is 2.41. The second-order valence-electron chi connectivity index (χ2n) is 2.97. The smallest absolute Gasteiger partial charge is 0.0478 e. The molecule has 0 saturated heterocycles. The van der Waals surface area contributed by atoms with Gasteiger partial charge in [-0.25, -0.2) is 0 Å². The number of rotatable bonds is 4. The molecule has 0 amide bonds. The molecule has 0 aliphatic heterocycles. The minimum atomic E-state index is 0.0868. The molecular weight excluding hydrogens is 128 g/mol. The van der Waals surface area contributed by atoms with Crippen LogP contribution in [0.3, 0.4) is 0 Å². The fourth-order valence-electron chi connectivity index (χ4n) is 1.51. The zero-order chi connectivity index (χ0) is 7.61. The van der Waals surface area contributed by atoms with Gasteiger partial charge in [0.2, 0.25) is 0 Å². The number of aliphatic hydroxyl groups is 1. The van der Waals surface area contributed by atoms with Crippen molar-refractivity contribution in [2.45, 2.75) is 18.9 Å². The number of nitrogens with two attached hydrogens (primary N) is 1. The Labute approximate surface area is 61.6 Å². The monoisotopic (exact) mass is 144 g/mol. The first-order valence-corrected chi connectivity index (χ1v) is 3.85. The number of hydrogen-bond acceptors (Lipinski definition) is 3. The van der Waals surface area contributed by atoms with E-state index in [1.54, 1.807) is 0 Å². The summed E-state index contributed by atoms with van der Waals surface area (Å²) in [4.78, 5) is 0. The van der Waals surface area contributed by atoms with Crippen LogP contribution in [0.1, 0.15) is 13.3 Å². The summed E-state index contributed by atoms with van der Waals surface area (Å²) >= 11 is 0. The first kappa shape index (κ1) is 7.98. The highest BCUT2D eigenvalue weighted by Gasteiger charge is 2.51. The molecule has 2 atom stereocenters. The van der Waals surface area contributed by atoms with Crippen LogP contribution >= 0.6 is 0 Å². The van der Waals surface area contributed by atoms with Gasteiger partial charge in [0.25, 0.3) is 0 Å². The van der Waals surface area contributed by atoms with Gasteiger partial charge in [0, 0.05) is 24.6 Å². The van der Waals surface area contributed by atoms with Crippen molar-refractivity contribution in [1.29, 1.82) is 0 Å². The minimum Gasteiger partial charge on any atom is -0.396 e. The lowest BCUT2D eigenvalue weighted by molar-refractivity contribution is 0.257. The average Bonchev–Trinajstić information content (AvgIpc) is 2.65. The summed E-state index contributed by atoms with van der Waals surface area (Å²) in [6.07, 6.45) is 1.04. The molecule has 3 heteroatoms. The topological polar surface area (TPSA) is 58.3 Å². The highest BCUT2D eigenvalue weighted by molar-refractivity contribution is 5.10. The third-order valence-corrected chi connectivity index (χ3v) is 2.35. The molecule has 4 N–H and O–H groups in total. The summed E-state index contributed by atoms with van der Waals surface area (Å²) in [6, 6.07) is 0. The molecule has 3 nitrogen and oxygen atoms in total. The van der Waals surface area contributed by atoms with Crippen LogP contribution in [-0.4, -0.2) is 30.3 Å². The molecule has 0 spiro atoms. The van der Waals surface area contributed by atoms with Crippen LogP contribution in [0.4, 0.5) is 0 Å². The first-order valence-electron chi connectivity index (χ1n) is 3.85. The van der Waals surface area contributed by atoms with Gasteiger partial charge in [0.15, 0.2) is 0 Å². The molecule has 0 heterocycles. The maximum atomic E-state index is 8.80. The van der Waals surface area contributed by atoms with E-state index < -0.39 is 0 Å². The van der Waals surface area contributed by atoms with E-state index >= 15 is 0 Å². The molecule has 0 radical (unpaired) electrons. The molecular formula is C7H16N2O. The van der Waals surface area contributed by atoms with Crippen LogP contribution in [0.5, 0.6) is 0 Å². The molecule has 10 heavy (non-hydrogen) atoms. The normalized spacial score (nSPS) is 38.1. The Kier molecular flexibility index (Phi) is 2.28. The van der Waals surface area contributed by atoms with Crippen molar-refractivity contribution in [2.75, 3.05) is 19.7 Å². The van der Waals surface area contributed by atoms with Crippen LogP contribution in [0.25, 0.3) is 0 Å². The summed E-state index contributed by atoms with van der Waals surface area (Å²) in [5.41, 5.74) is 5.63. The summed E-state index contributed by atoms with van der Waals surface area (Å²) in [5.74, 6) is 0.400. The van der Waals surface area contributed by atoms with Gasteiger partial charge in [-0.15, -0.1) is 0 Å². The molecule has 60 valence electrons. The van der Waals surface area contributed by atoms with Crippen molar-refractivity contribution in [3.63, 3.8) is 0 Å². The molecule has 0 aromatic carbocycles. The summed E-state index contributed by atoms with van der Waals surface area (Å²) in [5, 5.41) is 12.1. The molecule has 1 fully saturated rings. The summed E-state index contributed by atoms with van der Waals surface area (Å²) in [6.45, 7) is 3.91. The van der Waals surface area contributed by atoms with Crippen molar-refractivity contribution in [2.24, 2.45) is 11.7 Å². The fraction of sp³-hybridized carbons (Fsp3) is 1.00. The molecule has 1 aliphatic rings. The Morgan fingerprint density at radius 2 is 2.50 bits per heavy atom. The SMILES string of the molecule is CCN[C@@]1(CN)C[C@@H]1CO. The van der Waals surface area contributed by atoms with Crippen molar-refractivity contribution in [3.8, 4) is 0 Å². The Morgan fingerprint density at radius 1 is 1.80 bits per heavy atom. The maximum absolute atomic E-state index is 8.80. The van der Waals surface area contributed by atoms with Gasteiger partial charge in [-0.2, -0.15) is 0 Å². The summed E-state index contributed by atoms with van der Waals surface area (Å²) in [7, 11) is 0. The molecule has 1 rings (SSSR count). The van der Waals surface area contributed by atoms with Gasteiger partial charge in [-0.1, -0.05) is 6.92 Å². The number of likely N-dealkylation sites (N-methyl/N-ethyl adjacent to an activating group) is 1. The highest BCUT2D eigenvalue weighted by atomic mass is 16.3. The molecule has 0 aromatic rings. The lowest BCUT2D eigenvalue weighted by atomic mass is 10.2. The van der Waals surface area contributed by atoms with E-state index in [9.17, 15) is 0 Å². The lowest BCUT2D eigenvalue weighted by Gasteiger charge is -2.14. The second-order valence-corrected chi connectivity index (χ2v) is 2.97. The van der Waals surface area contributed by atoms with E-state index in [2.05, 4.69) is 12.2 Å². The van der Waals surface area contributed by atoms with Gasteiger partial charge >= 0.3 is 0 Å². The van der Waals surface area contributed by atoms with E-state index in [0.717, 1.165) is 13.0 Å². The standard InChI is InChI=1S/C7H16N2O/c1-2-9-7(5-8)3-6(7)4-10/h6,9-10H,2-5,8H2,1H3/t6-,7-/m1/s1. The molecule has 1 saturated carbocycles. The Bertz CT molecular complexity index is 118. The number of hydrogen-bond donors (Lipinski definition) is 3. The van der Waals surface area contributed by atoms with Gasteiger partial charge in [0.05, 0.1) is 0 Å². The van der Waals surface area contributed by atoms with Crippen LogP contribution in [0.2, 0.25) is 0 Å². The molecule has 0 unspecified atom stereocenters. The van der Waals surface area contributed by atoms with E-state index in [4.69, 9.17) is 10.8 Å². The number of nitrogens with one attached hydrogen (secondary N) is 1. The fourth-order valence-corrected chi connectivity index (χ4v) is 1.51. The zero-order valence-corrected chi connectivity index (χ0v) is 6.43. The zero-order valence-electron chi connectivity index (χ0n) is 6.43. The maximum Gasteiger partial charge on any atom is 0.0478 e. The van der Waals surface area contributed by atoms with Gasteiger partial charge in [-0.3, -0.25) is 0 Å². The Hall–Kier alpha value is -0.120. The summed E-state index contributed by atoms with van der Waals surface area (Å²) < 4.78 is 0. The van der Waals surface area contributed by atoms with Crippen LogP contribution < -0.4 is 11.1 Å². The average molecular weight is 144 g/mol. The molecule has 1 aliphatic carbocycles. The van der Waals surface area contributed by atoms with E-state index in [1.165, 1.54) is 0 Å². The number of aliphatic hydroxyl groups excluding tert-OH is 1. The van der Waals surface area contributed by atoms with Gasteiger partial charge < -0.3 is 16.2 Å². The van der Waals surface area contributed by atoms with Crippen molar-refractivity contribution < 1.29 is 5.11 Å². The van der Waals surface area contributed by atoms with Crippen molar-refractivity contribution in [1.82, 2.24) is 5.32 Å². The third kappa shape index (κ3) is 1.17. The first-order chi connectivity index (χ1) is 4.79. The Morgan fingerprint density at radius 3 is 2.80 bits per heavy atom. The lowest BCUT2D eigenvalue weighted by Crippen LogP contribution is -2.40. The second kappa shape index (κ2) is 2.86. The predicted octanol–water partition coefficient (Wildman–Crippen LogP) is -0.694. The Balaban J connectivity index is 2.34. The van der Waals surface area contributed by atoms with E-state index in [-0.39, 0.29) is 12.1 Å². The third-order valence-electron chi connectivity index (χ3n) is 2.35. The van der Waals surface area contributed by atoms with E-state index in [1.807, 2.05) is 0 Å². The van der Waals surface area contributed by atoms with E-state index in [0.29, 0.717) is 12.5 Å². The largest absolute Gasteiger partial charge is 0.396 e. The van der Waals surface area contributed by atoms with Crippen LogP contribution in [-0.2, 0) is 0 Å². The molecule has 0 bridgehead atoms. The van der Waals surface area contributed by atoms with Gasteiger partial charge in [0.1, 0.15) is 0 Å². The van der Waals surface area contributed by atoms with Gasteiger partial charge in [-0.05, 0) is 13.0 Å². The van der Waals surface area contributed by atoms with Crippen LogP contribution in [0.15, 0.2) is 0 Å². The predicted molar refractivity (Wildman–Crippen MR) is 40.7 cm³/mol.